The molecule has 5 nitrogen and oxygen atoms in total. The minimum Gasteiger partial charge on any atom is -0.390 e. The molecule has 0 spiro atoms. The van der Waals surface area contributed by atoms with Crippen molar-refractivity contribution in [1.29, 1.82) is 0 Å². The Bertz CT molecular complexity index is 498. The van der Waals surface area contributed by atoms with Gasteiger partial charge in [-0.05, 0) is 38.8 Å². The number of nitrogens with zero attached hydrogens (tertiary/aromatic N) is 1. The number of aliphatic hydroxyl groups is 1. The molecular formula is C15H20N2O3. The normalized spacial score (nSPS) is 17.6. The van der Waals surface area contributed by atoms with Crippen LogP contribution >= 0.6 is 0 Å². The number of piperidine rings is 1. The van der Waals surface area contributed by atoms with E-state index in [1.807, 2.05) is 19.1 Å². The Kier molecular flexibility index (Phi) is 4.09. The van der Waals surface area contributed by atoms with E-state index in [0.717, 1.165) is 5.56 Å². The second-order valence-corrected chi connectivity index (χ2v) is 5.61. The summed E-state index contributed by atoms with van der Waals surface area (Å²) >= 11 is 0. The fourth-order valence-electron chi connectivity index (χ4n) is 2.16. The lowest BCUT2D eigenvalue weighted by atomic mass is 9.94. The molecule has 0 aliphatic carbocycles. The van der Waals surface area contributed by atoms with E-state index in [1.165, 1.54) is 4.90 Å². The van der Waals surface area contributed by atoms with Crippen LogP contribution in [-0.4, -0.2) is 40.5 Å². The maximum Gasteiger partial charge on any atom is 0.313 e. The molecule has 0 aromatic heterocycles. The Morgan fingerprint density at radius 3 is 2.30 bits per heavy atom. The number of hydrogen-bond acceptors (Lipinski definition) is 3. The molecule has 2 rings (SSSR count). The zero-order chi connectivity index (χ0) is 14.8. The van der Waals surface area contributed by atoms with Crippen molar-refractivity contribution < 1.29 is 14.7 Å². The fraction of sp³-hybridized carbons (Fsp3) is 0.467. The van der Waals surface area contributed by atoms with Crippen molar-refractivity contribution in [3.05, 3.63) is 29.8 Å². The number of aryl methyl sites for hydroxylation is 1. The minimum absolute atomic E-state index is 0.410. The zero-order valence-electron chi connectivity index (χ0n) is 11.8. The van der Waals surface area contributed by atoms with Gasteiger partial charge in [0, 0.05) is 18.8 Å². The predicted molar refractivity (Wildman–Crippen MR) is 76.2 cm³/mol. The van der Waals surface area contributed by atoms with Crippen molar-refractivity contribution in [2.45, 2.75) is 32.3 Å². The number of nitrogens with one attached hydrogen (secondary N) is 1. The van der Waals surface area contributed by atoms with Gasteiger partial charge >= 0.3 is 11.8 Å². The third-order valence-electron chi connectivity index (χ3n) is 3.63. The lowest BCUT2D eigenvalue weighted by Gasteiger charge is -2.35. The van der Waals surface area contributed by atoms with Crippen LogP contribution in [0.3, 0.4) is 0 Å². The average molecular weight is 276 g/mol. The van der Waals surface area contributed by atoms with Gasteiger partial charge < -0.3 is 15.3 Å². The van der Waals surface area contributed by atoms with Crippen LogP contribution in [-0.2, 0) is 9.59 Å². The highest BCUT2D eigenvalue weighted by Crippen LogP contribution is 2.21. The summed E-state index contributed by atoms with van der Waals surface area (Å²) < 4.78 is 0. The molecule has 1 saturated heterocycles. The van der Waals surface area contributed by atoms with Crippen molar-refractivity contribution in [1.82, 2.24) is 4.90 Å². The fourth-order valence-corrected chi connectivity index (χ4v) is 2.16. The number of hydrogen-bond donors (Lipinski definition) is 2. The van der Waals surface area contributed by atoms with Crippen LogP contribution < -0.4 is 5.32 Å². The molecule has 5 heteroatoms. The van der Waals surface area contributed by atoms with E-state index in [-0.39, 0.29) is 0 Å². The highest BCUT2D eigenvalue weighted by Gasteiger charge is 2.31. The highest BCUT2D eigenvalue weighted by atomic mass is 16.3. The molecule has 1 fully saturated rings. The lowest BCUT2D eigenvalue weighted by molar-refractivity contribution is -0.145. The molecule has 1 aliphatic heterocycles. The monoisotopic (exact) mass is 276 g/mol. The molecule has 1 heterocycles. The van der Waals surface area contributed by atoms with E-state index < -0.39 is 17.4 Å². The third-order valence-corrected chi connectivity index (χ3v) is 3.63. The largest absolute Gasteiger partial charge is 0.390 e. The molecular weight excluding hydrogens is 256 g/mol. The average Bonchev–Trinajstić information content (AvgIpc) is 2.40. The number of likely N-dealkylation sites (tertiary alicyclic amines) is 1. The Hall–Kier alpha value is -1.88. The maximum absolute atomic E-state index is 12.0. The summed E-state index contributed by atoms with van der Waals surface area (Å²) in [6.45, 7) is 4.53. The van der Waals surface area contributed by atoms with E-state index in [2.05, 4.69) is 5.32 Å². The Morgan fingerprint density at radius 2 is 1.75 bits per heavy atom. The standard InChI is InChI=1S/C15H20N2O3/c1-11-3-5-12(6-4-11)16-13(18)14(19)17-9-7-15(2,20)8-10-17/h3-6,20H,7-10H2,1-2H3,(H,16,18). The Morgan fingerprint density at radius 1 is 1.20 bits per heavy atom. The summed E-state index contributed by atoms with van der Waals surface area (Å²) in [6, 6.07) is 7.28. The van der Waals surface area contributed by atoms with Gasteiger partial charge in [0.05, 0.1) is 5.60 Å². The van der Waals surface area contributed by atoms with E-state index in [4.69, 9.17) is 0 Å². The molecule has 108 valence electrons. The first kappa shape index (κ1) is 14.5. The Labute approximate surface area is 118 Å². The second kappa shape index (κ2) is 5.63. The van der Waals surface area contributed by atoms with Crippen LogP contribution in [0.25, 0.3) is 0 Å². The quantitative estimate of drug-likeness (QED) is 0.760. The van der Waals surface area contributed by atoms with Crippen LogP contribution in [0.4, 0.5) is 5.69 Å². The summed E-state index contributed by atoms with van der Waals surface area (Å²) in [5.74, 6) is -1.17. The maximum atomic E-state index is 12.0. The molecule has 0 bridgehead atoms. The summed E-state index contributed by atoms with van der Waals surface area (Å²) in [5.41, 5.74) is 0.968. The predicted octanol–water partition coefficient (Wildman–Crippen LogP) is 1.31. The molecule has 20 heavy (non-hydrogen) atoms. The smallest absolute Gasteiger partial charge is 0.313 e. The van der Waals surface area contributed by atoms with Crippen LogP contribution in [0.15, 0.2) is 24.3 Å². The number of rotatable bonds is 1. The minimum atomic E-state index is -0.732. The number of amides is 2. The van der Waals surface area contributed by atoms with Gasteiger partial charge in [-0.1, -0.05) is 17.7 Å². The van der Waals surface area contributed by atoms with Gasteiger partial charge in [0.1, 0.15) is 0 Å². The molecule has 2 amide bonds. The van der Waals surface area contributed by atoms with Gasteiger partial charge in [-0.15, -0.1) is 0 Å². The molecule has 2 N–H and O–H groups in total. The van der Waals surface area contributed by atoms with Crippen molar-refractivity contribution in [2.75, 3.05) is 18.4 Å². The number of carbonyl (C=O) groups is 2. The first-order valence-electron chi connectivity index (χ1n) is 6.77. The summed E-state index contributed by atoms with van der Waals surface area (Å²) in [4.78, 5) is 25.4. The second-order valence-electron chi connectivity index (χ2n) is 5.61. The van der Waals surface area contributed by atoms with Crippen LogP contribution in [0.5, 0.6) is 0 Å². The Balaban J connectivity index is 1.92. The molecule has 0 radical (unpaired) electrons. The lowest BCUT2D eigenvalue weighted by Crippen LogP contribution is -2.48. The van der Waals surface area contributed by atoms with Gasteiger partial charge in [-0.25, -0.2) is 0 Å². The summed E-state index contributed by atoms with van der Waals surface area (Å²) in [5, 5.41) is 12.4. The SMILES string of the molecule is Cc1ccc(NC(=O)C(=O)N2CCC(C)(O)CC2)cc1. The van der Waals surface area contributed by atoms with E-state index in [1.54, 1.807) is 19.1 Å². The van der Waals surface area contributed by atoms with E-state index >= 15 is 0 Å². The molecule has 1 aromatic carbocycles. The topological polar surface area (TPSA) is 69.6 Å². The van der Waals surface area contributed by atoms with Crippen LogP contribution in [0.2, 0.25) is 0 Å². The van der Waals surface area contributed by atoms with Gasteiger partial charge in [0.25, 0.3) is 0 Å². The van der Waals surface area contributed by atoms with Gasteiger partial charge in [0.2, 0.25) is 0 Å². The highest BCUT2D eigenvalue weighted by molar-refractivity contribution is 6.39. The van der Waals surface area contributed by atoms with Gasteiger partial charge in [-0.2, -0.15) is 0 Å². The van der Waals surface area contributed by atoms with Crippen molar-refractivity contribution in [2.24, 2.45) is 0 Å². The first-order chi connectivity index (χ1) is 9.37. The van der Waals surface area contributed by atoms with Crippen molar-refractivity contribution in [3.8, 4) is 0 Å². The van der Waals surface area contributed by atoms with Crippen molar-refractivity contribution >= 4 is 17.5 Å². The molecule has 0 unspecified atom stereocenters. The number of benzene rings is 1. The zero-order valence-corrected chi connectivity index (χ0v) is 11.8. The number of anilines is 1. The molecule has 1 aromatic rings. The third kappa shape index (κ3) is 3.57. The molecule has 0 atom stereocenters. The van der Waals surface area contributed by atoms with E-state index in [0.29, 0.717) is 31.6 Å². The van der Waals surface area contributed by atoms with Crippen LogP contribution in [0, 0.1) is 6.92 Å². The van der Waals surface area contributed by atoms with Gasteiger partial charge in [0.15, 0.2) is 0 Å². The first-order valence-corrected chi connectivity index (χ1v) is 6.77. The van der Waals surface area contributed by atoms with Gasteiger partial charge in [-0.3, -0.25) is 9.59 Å². The van der Waals surface area contributed by atoms with Crippen LogP contribution in [0.1, 0.15) is 25.3 Å². The van der Waals surface area contributed by atoms with E-state index in [9.17, 15) is 14.7 Å². The molecule has 1 aliphatic rings. The summed E-state index contributed by atoms with van der Waals surface area (Å²) in [7, 11) is 0. The van der Waals surface area contributed by atoms with Crippen molar-refractivity contribution in [3.63, 3.8) is 0 Å². The molecule has 0 saturated carbocycles. The summed E-state index contributed by atoms with van der Waals surface area (Å²) in [6.07, 6.45) is 0.993. The number of carbonyl (C=O) groups excluding carboxylic acids is 2.